The van der Waals surface area contributed by atoms with Crippen molar-refractivity contribution in [1.82, 2.24) is 14.8 Å². The molecule has 0 radical (unpaired) electrons. The lowest BCUT2D eigenvalue weighted by Gasteiger charge is -2.03. The van der Waals surface area contributed by atoms with Crippen LogP contribution >= 0.6 is 11.3 Å². The van der Waals surface area contributed by atoms with Crippen LogP contribution in [0.3, 0.4) is 0 Å². The predicted molar refractivity (Wildman–Crippen MR) is 71.2 cm³/mol. The van der Waals surface area contributed by atoms with Crippen molar-refractivity contribution in [3.63, 3.8) is 0 Å². The topological polar surface area (TPSA) is 42.7 Å². The Bertz CT molecular complexity index is 472. The van der Waals surface area contributed by atoms with Crippen molar-refractivity contribution in [3.05, 3.63) is 29.0 Å². The van der Waals surface area contributed by atoms with E-state index in [9.17, 15) is 0 Å². The molecular weight excluding hydrogens is 232 g/mol. The van der Waals surface area contributed by atoms with Crippen LogP contribution in [0.4, 0.5) is 5.13 Å². The number of anilines is 1. The van der Waals surface area contributed by atoms with Crippen LogP contribution in [-0.2, 0) is 20.0 Å². The van der Waals surface area contributed by atoms with E-state index in [1.807, 2.05) is 19.3 Å². The number of hydrogen-bond donors (Lipinski definition) is 1. The second-order valence-electron chi connectivity index (χ2n) is 4.56. The molecule has 0 aliphatic rings. The quantitative estimate of drug-likeness (QED) is 0.887. The van der Waals surface area contributed by atoms with Gasteiger partial charge in [-0.25, -0.2) is 0 Å². The van der Waals surface area contributed by atoms with Crippen LogP contribution in [0.5, 0.6) is 0 Å². The Balaban J connectivity index is 1.91. The smallest absolute Gasteiger partial charge is 0.205 e. The first-order valence-electron chi connectivity index (χ1n) is 5.81. The molecule has 0 saturated carbocycles. The summed E-state index contributed by atoms with van der Waals surface area (Å²) in [6.07, 6.45) is 3.05. The Morgan fingerprint density at radius 2 is 2.24 bits per heavy atom. The van der Waals surface area contributed by atoms with Crippen molar-refractivity contribution in [3.8, 4) is 0 Å². The Kier molecular flexibility index (Phi) is 3.78. The summed E-state index contributed by atoms with van der Waals surface area (Å²) in [5, 5.41) is 13.6. The monoisotopic (exact) mass is 250 g/mol. The Morgan fingerprint density at radius 3 is 2.88 bits per heavy atom. The van der Waals surface area contributed by atoms with Crippen LogP contribution in [0, 0.1) is 5.92 Å². The molecule has 0 bridgehead atoms. The van der Waals surface area contributed by atoms with E-state index in [1.54, 1.807) is 11.3 Å². The van der Waals surface area contributed by atoms with Gasteiger partial charge in [-0.05, 0) is 18.1 Å². The number of rotatable bonds is 5. The number of nitrogens with zero attached hydrogens (tertiary/aromatic N) is 3. The van der Waals surface area contributed by atoms with E-state index < -0.39 is 0 Å². The third kappa shape index (κ3) is 3.30. The molecule has 0 aliphatic carbocycles. The molecule has 0 fully saturated rings. The summed E-state index contributed by atoms with van der Waals surface area (Å²) in [5.74, 6) is 0.628. The fourth-order valence-corrected chi connectivity index (χ4v) is 2.55. The maximum Gasteiger partial charge on any atom is 0.205 e. The average molecular weight is 250 g/mol. The number of aromatic nitrogens is 3. The van der Waals surface area contributed by atoms with Crippen LogP contribution in [0.25, 0.3) is 0 Å². The minimum atomic E-state index is 0.628. The molecule has 0 aliphatic heterocycles. The molecule has 0 atom stereocenters. The zero-order chi connectivity index (χ0) is 12.3. The fourth-order valence-electron chi connectivity index (χ4n) is 1.60. The van der Waals surface area contributed by atoms with Crippen LogP contribution in [-0.4, -0.2) is 14.8 Å². The van der Waals surface area contributed by atoms with Crippen molar-refractivity contribution in [2.45, 2.75) is 26.8 Å². The van der Waals surface area contributed by atoms with Gasteiger partial charge in [0.15, 0.2) is 0 Å². The van der Waals surface area contributed by atoms with Gasteiger partial charge in [0.05, 0.1) is 6.54 Å². The number of nitrogens with one attached hydrogen (secondary N) is 1. The highest BCUT2D eigenvalue weighted by molar-refractivity contribution is 7.15. The minimum Gasteiger partial charge on any atom is -0.355 e. The first-order valence-corrected chi connectivity index (χ1v) is 6.63. The minimum absolute atomic E-state index is 0.628. The van der Waals surface area contributed by atoms with Gasteiger partial charge in [-0.15, -0.1) is 10.2 Å². The summed E-state index contributed by atoms with van der Waals surface area (Å²) in [4.78, 5) is 0. The van der Waals surface area contributed by atoms with E-state index in [2.05, 4.69) is 40.0 Å². The number of hydrogen-bond acceptors (Lipinski definition) is 4. The summed E-state index contributed by atoms with van der Waals surface area (Å²) >= 11 is 1.65. The molecule has 92 valence electrons. The second kappa shape index (κ2) is 5.31. The molecule has 1 N–H and O–H groups in total. The van der Waals surface area contributed by atoms with Gasteiger partial charge in [-0.3, -0.25) is 0 Å². The molecule has 2 aromatic rings. The van der Waals surface area contributed by atoms with Crippen molar-refractivity contribution < 1.29 is 0 Å². The summed E-state index contributed by atoms with van der Waals surface area (Å²) in [7, 11) is 2.04. The molecule has 17 heavy (non-hydrogen) atoms. The van der Waals surface area contributed by atoms with Gasteiger partial charge in [0, 0.05) is 25.4 Å². The molecule has 0 saturated heterocycles. The number of aryl methyl sites for hydroxylation is 1. The zero-order valence-electron chi connectivity index (χ0n) is 10.5. The van der Waals surface area contributed by atoms with Gasteiger partial charge in [-0.2, -0.15) is 0 Å². The van der Waals surface area contributed by atoms with Gasteiger partial charge in [-0.1, -0.05) is 25.2 Å². The average Bonchev–Trinajstić information content (AvgIpc) is 2.84. The SMILES string of the molecule is CC(C)Cc1nnc(NCc2cccn2C)s1. The van der Waals surface area contributed by atoms with Gasteiger partial charge >= 0.3 is 0 Å². The summed E-state index contributed by atoms with van der Waals surface area (Å²) in [6, 6.07) is 4.14. The van der Waals surface area contributed by atoms with E-state index in [4.69, 9.17) is 0 Å². The Labute approximate surface area is 106 Å². The molecule has 0 spiro atoms. The third-order valence-electron chi connectivity index (χ3n) is 2.52. The molecule has 2 rings (SSSR count). The summed E-state index contributed by atoms with van der Waals surface area (Å²) in [5.41, 5.74) is 1.24. The maximum atomic E-state index is 4.18. The molecule has 2 aromatic heterocycles. The van der Waals surface area contributed by atoms with Crippen molar-refractivity contribution >= 4 is 16.5 Å². The maximum absolute atomic E-state index is 4.18. The second-order valence-corrected chi connectivity index (χ2v) is 5.62. The van der Waals surface area contributed by atoms with E-state index in [0.717, 1.165) is 23.1 Å². The van der Waals surface area contributed by atoms with Crippen LogP contribution in [0.2, 0.25) is 0 Å². The van der Waals surface area contributed by atoms with Gasteiger partial charge in [0.2, 0.25) is 5.13 Å². The van der Waals surface area contributed by atoms with Crippen molar-refractivity contribution in [2.75, 3.05) is 5.32 Å². The normalized spacial score (nSPS) is 11.1. The standard InChI is InChI=1S/C12H18N4S/c1-9(2)7-11-14-15-12(17-11)13-8-10-5-4-6-16(10)3/h4-6,9H,7-8H2,1-3H3,(H,13,15). The van der Waals surface area contributed by atoms with Crippen LogP contribution in [0.1, 0.15) is 24.5 Å². The summed E-state index contributed by atoms with van der Waals surface area (Å²) < 4.78 is 2.10. The lowest BCUT2D eigenvalue weighted by Crippen LogP contribution is -2.03. The third-order valence-corrected chi connectivity index (χ3v) is 3.43. The highest BCUT2D eigenvalue weighted by atomic mass is 32.1. The van der Waals surface area contributed by atoms with E-state index >= 15 is 0 Å². The Hall–Kier alpha value is -1.36. The van der Waals surface area contributed by atoms with Gasteiger partial charge in [0.25, 0.3) is 0 Å². The lowest BCUT2D eigenvalue weighted by molar-refractivity contribution is 0.640. The lowest BCUT2D eigenvalue weighted by atomic mass is 10.1. The molecule has 5 heteroatoms. The first kappa shape index (κ1) is 12.1. The summed E-state index contributed by atoms with van der Waals surface area (Å²) in [6.45, 7) is 5.18. The van der Waals surface area contributed by atoms with E-state index in [-0.39, 0.29) is 0 Å². The van der Waals surface area contributed by atoms with Gasteiger partial charge in [0.1, 0.15) is 5.01 Å². The zero-order valence-corrected chi connectivity index (χ0v) is 11.3. The molecule has 2 heterocycles. The van der Waals surface area contributed by atoms with Crippen LogP contribution < -0.4 is 5.32 Å². The molecule has 4 nitrogen and oxygen atoms in total. The van der Waals surface area contributed by atoms with E-state index in [0.29, 0.717) is 5.92 Å². The molecule has 0 amide bonds. The predicted octanol–water partition coefficient (Wildman–Crippen LogP) is 2.69. The Morgan fingerprint density at radius 1 is 1.41 bits per heavy atom. The van der Waals surface area contributed by atoms with Crippen molar-refractivity contribution in [1.29, 1.82) is 0 Å². The van der Waals surface area contributed by atoms with Crippen molar-refractivity contribution in [2.24, 2.45) is 13.0 Å². The molecule has 0 aromatic carbocycles. The highest BCUT2D eigenvalue weighted by Crippen LogP contribution is 2.18. The van der Waals surface area contributed by atoms with Gasteiger partial charge < -0.3 is 9.88 Å². The van der Waals surface area contributed by atoms with Crippen LogP contribution in [0.15, 0.2) is 18.3 Å². The first-order chi connectivity index (χ1) is 8.15. The highest BCUT2D eigenvalue weighted by Gasteiger charge is 2.06. The molecule has 0 unspecified atom stereocenters. The fraction of sp³-hybridized carbons (Fsp3) is 0.500. The van der Waals surface area contributed by atoms with E-state index in [1.165, 1.54) is 5.69 Å². The largest absolute Gasteiger partial charge is 0.355 e. The molecular formula is C12H18N4S.